The van der Waals surface area contributed by atoms with Gasteiger partial charge in [0.15, 0.2) is 0 Å². The van der Waals surface area contributed by atoms with E-state index >= 15 is 0 Å². The van der Waals surface area contributed by atoms with Gasteiger partial charge in [-0.2, -0.15) is 0 Å². The van der Waals surface area contributed by atoms with Gasteiger partial charge in [0.2, 0.25) is 0 Å². The molecule has 1 heterocycles. The molecule has 0 unspecified atom stereocenters. The number of benzene rings is 10. The second-order valence-corrected chi connectivity index (χ2v) is 14.5. The van der Waals surface area contributed by atoms with Gasteiger partial charge in [-0.15, -0.1) is 0 Å². The van der Waals surface area contributed by atoms with Gasteiger partial charge in [-0.1, -0.05) is 164 Å². The third-order valence-electron chi connectivity index (χ3n) is 11.2. The summed E-state index contributed by atoms with van der Waals surface area (Å²) in [5.41, 5.74) is 12.0. The van der Waals surface area contributed by atoms with Crippen molar-refractivity contribution in [2.75, 3.05) is 4.90 Å². The van der Waals surface area contributed by atoms with Gasteiger partial charge < -0.3 is 9.32 Å². The van der Waals surface area contributed by atoms with Crippen LogP contribution >= 0.6 is 0 Å². The first-order chi connectivity index (χ1) is 27.8. The van der Waals surface area contributed by atoms with E-state index in [1.807, 2.05) is 0 Å². The zero-order valence-corrected chi connectivity index (χ0v) is 30.6. The molecule has 0 atom stereocenters. The molecule has 56 heavy (non-hydrogen) atoms. The summed E-state index contributed by atoms with van der Waals surface area (Å²) in [6.45, 7) is 0. The van der Waals surface area contributed by atoms with Crippen LogP contribution in [-0.2, 0) is 0 Å². The molecule has 0 saturated heterocycles. The molecular formula is C54H35NO. The maximum atomic E-state index is 6.99. The number of anilines is 3. The highest BCUT2D eigenvalue weighted by molar-refractivity contribution is 6.24. The summed E-state index contributed by atoms with van der Waals surface area (Å²) in [7, 11) is 0. The number of para-hydroxylation sites is 1. The molecule has 0 fully saturated rings. The number of rotatable bonds is 6. The summed E-state index contributed by atoms with van der Waals surface area (Å²) in [6, 6.07) is 76.3. The maximum Gasteiger partial charge on any atom is 0.143 e. The maximum absolute atomic E-state index is 6.99. The van der Waals surface area contributed by atoms with Gasteiger partial charge in [-0.3, -0.25) is 0 Å². The summed E-state index contributed by atoms with van der Waals surface area (Å²) >= 11 is 0. The third-order valence-corrected chi connectivity index (χ3v) is 11.2. The van der Waals surface area contributed by atoms with Crippen molar-refractivity contribution in [2.45, 2.75) is 0 Å². The molecule has 1 aromatic heterocycles. The molecule has 0 saturated carbocycles. The molecule has 11 rings (SSSR count). The second-order valence-electron chi connectivity index (χ2n) is 14.5. The van der Waals surface area contributed by atoms with Crippen LogP contribution in [0.3, 0.4) is 0 Å². The van der Waals surface area contributed by atoms with Gasteiger partial charge in [0.05, 0.1) is 5.69 Å². The third kappa shape index (κ3) is 5.26. The Bertz CT molecular complexity index is 3230. The Hall–Kier alpha value is -7.42. The fraction of sp³-hybridized carbons (Fsp3) is 0. The van der Waals surface area contributed by atoms with E-state index in [1.54, 1.807) is 0 Å². The van der Waals surface area contributed by atoms with Gasteiger partial charge >= 0.3 is 0 Å². The highest BCUT2D eigenvalue weighted by Crippen LogP contribution is 2.47. The Balaban J connectivity index is 1.16. The van der Waals surface area contributed by atoms with E-state index in [0.717, 1.165) is 50.1 Å². The van der Waals surface area contributed by atoms with Crippen LogP contribution in [0.2, 0.25) is 0 Å². The lowest BCUT2D eigenvalue weighted by Gasteiger charge is -2.28. The standard InChI is InChI=1S/C54H35NO/c1-3-15-36(16-4-1)37-27-29-41(30-28-37)55(51-26-14-13-22-44(51)38-17-5-2-6-18-38)42-31-32-52-48(35-42)50-34-40-20-8-10-23-45(40)53(54(50)56-52)49-33-39-19-7-9-21-43(39)46-24-11-12-25-47(46)49/h1-35H. The smallest absolute Gasteiger partial charge is 0.143 e. The molecule has 0 aliphatic heterocycles. The highest BCUT2D eigenvalue weighted by atomic mass is 16.3. The minimum absolute atomic E-state index is 0.862. The molecule has 0 aliphatic carbocycles. The van der Waals surface area contributed by atoms with Gasteiger partial charge in [0.25, 0.3) is 0 Å². The Morgan fingerprint density at radius 1 is 0.321 bits per heavy atom. The normalized spacial score (nSPS) is 11.6. The van der Waals surface area contributed by atoms with Crippen molar-refractivity contribution >= 4 is 71.3 Å². The number of hydrogen-bond acceptors (Lipinski definition) is 2. The predicted octanol–water partition coefficient (Wildman–Crippen LogP) is 15.5. The lowest BCUT2D eigenvalue weighted by Crippen LogP contribution is -2.11. The van der Waals surface area contributed by atoms with Gasteiger partial charge in [0, 0.05) is 33.3 Å². The molecule has 0 amide bonds. The number of furan rings is 1. The molecule has 10 aromatic carbocycles. The fourth-order valence-electron chi connectivity index (χ4n) is 8.62. The summed E-state index contributed by atoms with van der Waals surface area (Å²) in [5, 5.41) is 9.47. The number of hydrogen-bond donors (Lipinski definition) is 0. The average molecular weight is 714 g/mol. The van der Waals surface area contributed by atoms with Gasteiger partial charge in [-0.25, -0.2) is 0 Å². The molecule has 0 N–H and O–H groups in total. The number of fused-ring (bicyclic) bond motifs is 7. The van der Waals surface area contributed by atoms with Crippen molar-refractivity contribution < 1.29 is 4.42 Å². The Morgan fingerprint density at radius 2 is 0.893 bits per heavy atom. The Labute approximate surface area is 325 Å². The van der Waals surface area contributed by atoms with Crippen LogP contribution in [0.4, 0.5) is 17.1 Å². The molecule has 2 nitrogen and oxygen atoms in total. The molecule has 0 bridgehead atoms. The molecule has 0 spiro atoms. The van der Waals surface area contributed by atoms with Crippen LogP contribution in [0.1, 0.15) is 0 Å². The largest absolute Gasteiger partial charge is 0.455 e. The predicted molar refractivity (Wildman–Crippen MR) is 237 cm³/mol. The second kappa shape index (κ2) is 13.2. The SMILES string of the molecule is c1ccc(-c2ccc(N(c3ccc4oc5c(-c6cc7ccccc7c7ccccc67)c6ccccc6cc5c4c3)c3ccccc3-c3ccccc3)cc2)cc1. The van der Waals surface area contributed by atoms with Crippen LogP contribution in [0.5, 0.6) is 0 Å². The van der Waals surface area contributed by atoms with Crippen LogP contribution < -0.4 is 4.90 Å². The first-order valence-corrected chi connectivity index (χ1v) is 19.2. The van der Waals surface area contributed by atoms with Crippen molar-refractivity contribution in [3.8, 4) is 33.4 Å². The van der Waals surface area contributed by atoms with E-state index in [4.69, 9.17) is 4.42 Å². The topological polar surface area (TPSA) is 16.4 Å². The summed E-state index contributed by atoms with van der Waals surface area (Å²) in [5.74, 6) is 0. The fourth-order valence-corrected chi connectivity index (χ4v) is 8.62. The van der Waals surface area contributed by atoms with Crippen LogP contribution in [-0.4, -0.2) is 0 Å². The van der Waals surface area contributed by atoms with E-state index in [1.165, 1.54) is 54.6 Å². The van der Waals surface area contributed by atoms with E-state index in [0.29, 0.717) is 0 Å². The van der Waals surface area contributed by atoms with Gasteiger partial charge in [-0.05, 0) is 103 Å². The monoisotopic (exact) mass is 713 g/mol. The highest BCUT2D eigenvalue weighted by Gasteiger charge is 2.22. The Kier molecular flexibility index (Phi) is 7.53. The minimum Gasteiger partial charge on any atom is -0.455 e. The van der Waals surface area contributed by atoms with Crippen molar-refractivity contribution in [1.82, 2.24) is 0 Å². The van der Waals surface area contributed by atoms with Crippen LogP contribution in [0.15, 0.2) is 217 Å². The minimum atomic E-state index is 0.862. The van der Waals surface area contributed by atoms with E-state index in [9.17, 15) is 0 Å². The number of nitrogens with zero attached hydrogens (tertiary/aromatic N) is 1. The molecule has 11 aromatic rings. The lowest BCUT2D eigenvalue weighted by molar-refractivity contribution is 0.670. The molecular weight excluding hydrogens is 679 g/mol. The molecule has 262 valence electrons. The van der Waals surface area contributed by atoms with E-state index in [2.05, 4.69) is 217 Å². The van der Waals surface area contributed by atoms with Crippen molar-refractivity contribution in [1.29, 1.82) is 0 Å². The average Bonchev–Trinajstić information content (AvgIpc) is 3.64. The Morgan fingerprint density at radius 3 is 1.66 bits per heavy atom. The van der Waals surface area contributed by atoms with Crippen molar-refractivity contribution in [3.63, 3.8) is 0 Å². The van der Waals surface area contributed by atoms with Crippen molar-refractivity contribution in [2.24, 2.45) is 0 Å². The quantitative estimate of drug-likeness (QED) is 0.160. The zero-order valence-electron chi connectivity index (χ0n) is 30.6. The molecule has 2 heteroatoms. The summed E-state index contributed by atoms with van der Waals surface area (Å²) in [6.07, 6.45) is 0. The summed E-state index contributed by atoms with van der Waals surface area (Å²) in [4.78, 5) is 2.38. The zero-order chi connectivity index (χ0) is 37.0. The van der Waals surface area contributed by atoms with E-state index in [-0.39, 0.29) is 0 Å². The first-order valence-electron chi connectivity index (χ1n) is 19.2. The van der Waals surface area contributed by atoms with Gasteiger partial charge in [0.1, 0.15) is 11.2 Å². The lowest BCUT2D eigenvalue weighted by atomic mass is 9.89. The van der Waals surface area contributed by atoms with Crippen LogP contribution in [0, 0.1) is 0 Å². The van der Waals surface area contributed by atoms with E-state index < -0.39 is 0 Å². The molecule has 0 radical (unpaired) electrons. The first kappa shape index (κ1) is 32.0. The van der Waals surface area contributed by atoms with Crippen molar-refractivity contribution in [3.05, 3.63) is 212 Å². The summed E-state index contributed by atoms with van der Waals surface area (Å²) < 4.78 is 6.99. The van der Waals surface area contributed by atoms with Crippen LogP contribution in [0.25, 0.3) is 87.6 Å². The molecule has 0 aliphatic rings.